The van der Waals surface area contributed by atoms with Crippen molar-refractivity contribution in [2.24, 2.45) is 0 Å². The van der Waals surface area contributed by atoms with Gasteiger partial charge in [0.2, 0.25) is 0 Å². The second kappa shape index (κ2) is 11.2. The lowest BCUT2D eigenvalue weighted by atomic mass is 9.97. The minimum Gasteiger partial charge on any atom is -0.456 e. The number of aromatic nitrogens is 4. The molecule has 5 heteroatoms. The first kappa shape index (κ1) is 28.7. The number of furan rings is 1. The van der Waals surface area contributed by atoms with Crippen LogP contribution in [0.5, 0.6) is 0 Å². The van der Waals surface area contributed by atoms with Crippen LogP contribution in [0.2, 0.25) is 0 Å². The molecule has 0 aliphatic heterocycles. The maximum Gasteiger partial charge on any atom is 0.164 e. The zero-order chi connectivity index (χ0) is 34.2. The number of rotatable bonds is 4. The lowest BCUT2D eigenvalue weighted by Gasteiger charge is -2.12. The minimum atomic E-state index is 0.586. The van der Waals surface area contributed by atoms with Gasteiger partial charge < -0.3 is 8.98 Å². The molecule has 11 rings (SSSR count). The molecule has 0 aliphatic carbocycles. The van der Waals surface area contributed by atoms with Gasteiger partial charge >= 0.3 is 0 Å². The number of para-hydroxylation sites is 3. The van der Waals surface area contributed by atoms with Crippen molar-refractivity contribution in [2.75, 3.05) is 0 Å². The van der Waals surface area contributed by atoms with E-state index < -0.39 is 0 Å². The number of hydrogen-bond acceptors (Lipinski definition) is 4. The first-order chi connectivity index (χ1) is 25.8. The van der Waals surface area contributed by atoms with Gasteiger partial charge in [-0.25, -0.2) is 15.0 Å². The molecule has 5 nitrogen and oxygen atoms in total. The highest BCUT2D eigenvalue weighted by molar-refractivity contribution is 6.14. The summed E-state index contributed by atoms with van der Waals surface area (Å²) in [6.45, 7) is 0. The number of nitrogens with zero attached hydrogens (tertiary/aromatic N) is 4. The molecule has 242 valence electrons. The summed E-state index contributed by atoms with van der Waals surface area (Å²) >= 11 is 0. The summed E-state index contributed by atoms with van der Waals surface area (Å²) < 4.78 is 8.63. The lowest BCUT2D eigenvalue weighted by molar-refractivity contribution is 0.669. The number of hydrogen-bond donors (Lipinski definition) is 0. The van der Waals surface area contributed by atoms with Gasteiger partial charge in [-0.05, 0) is 58.6 Å². The van der Waals surface area contributed by atoms with Crippen LogP contribution in [0, 0.1) is 0 Å². The first-order valence-corrected chi connectivity index (χ1v) is 17.4. The van der Waals surface area contributed by atoms with Crippen LogP contribution in [0.15, 0.2) is 174 Å². The predicted octanol–water partition coefficient (Wildman–Crippen LogP) is 12.2. The van der Waals surface area contributed by atoms with Crippen molar-refractivity contribution in [1.82, 2.24) is 19.5 Å². The Hall–Kier alpha value is -7.11. The molecular formula is C47H28N4O. The van der Waals surface area contributed by atoms with Gasteiger partial charge in [-0.3, -0.25) is 0 Å². The maximum atomic E-state index is 6.31. The van der Waals surface area contributed by atoms with E-state index in [0.29, 0.717) is 17.5 Å². The van der Waals surface area contributed by atoms with Crippen molar-refractivity contribution >= 4 is 65.3 Å². The monoisotopic (exact) mass is 664 g/mol. The summed E-state index contributed by atoms with van der Waals surface area (Å²) in [4.78, 5) is 15.7. The zero-order valence-electron chi connectivity index (χ0n) is 27.9. The van der Waals surface area contributed by atoms with Crippen LogP contribution in [0.25, 0.3) is 105 Å². The molecule has 11 aromatic rings. The quantitative estimate of drug-likeness (QED) is 0.176. The Morgan fingerprint density at radius 2 is 1.00 bits per heavy atom. The fourth-order valence-electron chi connectivity index (χ4n) is 7.83. The SMILES string of the molecule is c1ccc(-n2c3ccccc3c3ccc(-c4nc(-c5ccc6c(c5)oc5ccccc56)nc(-c5cccc6ccc7ccccc7c56)n4)cc32)cc1. The molecule has 0 unspecified atom stereocenters. The van der Waals surface area contributed by atoms with Gasteiger partial charge in [0.05, 0.1) is 11.0 Å². The van der Waals surface area contributed by atoms with E-state index in [1.54, 1.807) is 0 Å². The molecule has 3 heterocycles. The highest BCUT2D eigenvalue weighted by Gasteiger charge is 2.19. The van der Waals surface area contributed by atoms with Gasteiger partial charge in [0.1, 0.15) is 11.2 Å². The van der Waals surface area contributed by atoms with Crippen LogP contribution in [0.1, 0.15) is 0 Å². The fourth-order valence-corrected chi connectivity index (χ4v) is 7.83. The third-order valence-corrected chi connectivity index (χ3v) is 10.2. The molecule has 0 radical (unpaired) electrons. The lowest BCUT2D eigenvalue weighted by Crippen LogP contribution is -2.01. The Bertz CT molecular complexity index is 3190. The molecule has 0 atom stereocenters. The number of benzene rings is 8. The number of fused-ring (bicyclic) bond motifs is 9. The van der Waals surface area contributed by atoms with Gasteiger partial charge in [0, 0.05) is 49.3 Å². The van der Waals surface area contributed by atoms with Crippen molar-refractivity contribution in [2.45, 2.75) is 0 Å². The summed E-state index contributed by atoms with van der Waals surface area (Å²) in [7, 11) is 0. The average Bonchev–Trinajstić information content (AvgIpc) is 3.75. The van der Waals surface area contributed by atoms with Crippen molar-refractivity contribution in [3.8, 4) is 39.9 Å². The Kier molecular flexibility index (Phi) is 6.18. The van der Waals surface area contributed by atoms with Crippen LogP contribution in [0.3, 0.4) is 0 Å². The van der Waals surface area contributed by atoms with E-state index in [1.807, 2.05) is 24.3 Å². The Morgan fingerprint density at radius 1 is 0.385 bits per heavy atom. The molecule has 0 aliphatic rings. The standard InChI is InChI=1S/C47H28N4O/c1-2-13-33(14-3-1)51-40-19-8-6-16-35(40)36-25-23-31(27-41(36)51)45-48-46(32-24-26-38-37-17-7-9-20-42(37)52-43(38)28-32)50-47(49-45)39-18-10-12-30-22-21-29-11-4-5-15-34(29)44(30)39/h1-28H. The van der Waals surface area contributed by atoms with Crippen LogP contribution in [-0.4, -0.2) is 19.5 Å². The van der Waals surface area contributed by atoms with Crippen LogP contribution in [-0.2, 0) is 0 Å². The van der Waals surface area contributed by atoms with Crippen molar-refractivity contribution < 1.29 is 4.42 Å². The summed E-state index contributed by atoms with van der Waals surface area (Å²) in [5, 5.41) is 9.12. The molecule has 0 amide bonds. The molecule has 0 saturated carbocycles. The molecule has 8 aromatic carbocycles. The van der Waals surface area contributed by atoms with Gasteiger partial charge in [-0.1, -0.05) is 127 Å². The molecule has 0 saturated heterocycles. The smallest absolute Gasteiger partial charge is 0.164 e. The fraction of sp³-hybridized carbons (Fsp3) is 0. The van der Waals surface area contributed by atoms with E-state index in [1.165, 1.54) is 16.2 Å². The molecule has 0 fully saturated rings. The van der Waals surface area contributed by atoms with E-state index >= 15 is 0 Å². The van der Waals surface area contributed by atoms with Gasteiger partial charge in [-0.15, -0.1) is 0 Å². The topological polar surface area (TPSA) is 56.7 Å². The summed E-state index contributed by atoms with van der Waals surface area (Å²) in [6, 6.07) is 59.2. The Balaban J connectivity index is 1.18. The molecule has 3 aromatic heterocycles. The maximum absolute atomic E-state index is 6.31. The van der Waals surface area contributed by atoms with E-state index in [4.69, 9.17) is 19.4 Å². The highest BCUT2D eigenvalue weighted by atomic mass is 16.3. The largest absolute Gasteiger partial charge is 0.456 e. The second-order valence-corrected chi connectivity index (χ2v) is 13.2. The molecular weight excluding hydrogens is 637 g/mol. The summed E-state index contributed by atoms with van der Waals surface area (Å²) in [6.07, 6.45) is 0. The highest BCUT2D eigenvalue weighted by Crippen LogP contribution is 2.38. The molecule has 0 bridgehead atoms. The Labute approximate surface area is 298 Å². The summed E-state index contributed by atoms with van der Waals surface area (Å²) in [5.74, 6) is 1.81. The van der Waals surface area contributed by atoms with Crippen LogP contribution >= 0.6 is 0 Å². The van der Waals surface area contributed by atoms with E-state index in [9.17, 15) is 0 Å². The van der Waals surface area contributed by atoms with Crippen LogP contribution < -0.4 is 0 Å². The van der Waals surface area contributed by atoms with E-state index in [-0.39, 0.29) is 0 Å². The third-order valence-electron chi connectivity index (χ3n) is 10.2. The van der Waals surface area contributed by atoms with Crippen molar-refractivity contribution in [3.63, 3.8) is 0 Å². The minimum absolute atomic E-state index is 0.586. The molecule has 0 spiro atoms. The first-order valence-electron chi connectivity index (χ1n) is 17.4. The van der Waals surface area contributed by atoms with Gasteiger partial charge in [0.25, 0.3) is 0 Å². The molecule has 52 heavy (non-hydrogen) atoms. The van der Waals surface area contributed by atoms with E-state index in [0.717, 1.165) is 71.5 Å². The van der Waals surface area contributed by atoms with Gasteiger partial charge in [0.15, 0.2) is 17.5 Å². The van der Waals surface area contributed by atoms with Gasteiger partial charge in [-0.2, -0.15) is 0 Å². The van der Waals surface area contributed by atoms with E-state index in [2.05, 4.69) is 150 Å². The predicted molar refractivity (Wildman–Crippen MR) is 213 cm³/mol. The van der Waals surface area contributed by atoms with Crippen LogP contribution in [0.4, 0.5) is 0 Å². The molecule has 0 N–H and O–H groups in total. The Morgan fingerprint density at radius 3 is 1.87 bits per heavy atom. The second-order valence-electron chi connectivity index (χ2n) is 13.2. The average molecular weight is 665 g/mol. The van der Waals surface area contributed by atoms with Crippen molar-refractivity contribution in [3.05, 3.63) is 170 Å². The third kappa shape index (κ3) is 4.39. The normalized spacial score (nSPS) is 11.8. The summed E-state index contributed by atoms with van der Waals surface area (Å²) in [5.41, 5.74) is 7.73. The van der Waals surface area contributed by atoms with Crippen molar-refractivity contribution in [1.29, 1.82) is 0 Å². The zero-order valence-corrected chi connectivity index (χ0v) is 27.9.